The van der Waals surface area contributed by atoms with Crippen molar-refractivity contribution < 1.29 is 0 Å². The summed E-state index contributed by atoms with van der Waals surface area (Å²) in [6.45, 7) is 11.5. The number of rotatable bonds is 5. The van der Waals surface area contributed by atoms with Gasteiger partial charge in [0.05, 0.1) is 0 Å². The third kappa shape index (κ3) is 3.37. The van der Waals surface area contributed by atoms with Gasteiger partial charge in [-0.05, 0) is 38.3 Å². The first-order valence-corrected chi connectivity index (χ1v) is 7.67. The van der Waals surface area contributed by atoms with Crippen LogP contribution in [0.4, 0.5) is 0 Å². The van der Waals surface area contributed by atoms with Crippen molar-refractivity contribution in [3.8, 4) is 0 Å². The molecule has 1 aliphatic heterocycles. The number of likely N-dealkylation sites (tertiary alicyclic amines) is 1. The highest BCUT2D eigenvalue weighted by Crippen LogP contribution is 2.30. The summed E-state index contributed by atoms with van der Waals surface area (Å²) in [5.74, 6) is 0.829. The Hall–Kier alpha value is -0.860. The molecule has 4 atom stereocenters. The second kappa shape index (κ2) is 6.53. The van der Waals surface area contributed by atoms with Crippen LogP contribution in [0.1, 0.15) is 45.7 Å². The fraction of sp³-hybridized carbons (Fsp3) is 0.647. The van der Waals surface area contributed by atoms with Crippen molar-refractivity contribution >= 4 is 0 Å². The second-order valence-corrected chi connectivity index (χ2v) is 6.07. The van der Waals surface area contributed by atoms with Crippen LogP contribution in [0.2, 0.25) is 0 Å². The minimum atomic E-state index is 0.430. The van der Waals surface area contributed by atoms with Gasteiger partial charge in [-0.1, -0.05) is 44.2 Å². The Kier molecular flexibility index (Phi) is 5.00. The van der Waals surface area contributed by atoms with E-state index < -0.39 is 0 Å². The zero-order valence-corrected chi connectivity index (χ0v) is 12.8. The Morgan fingerprint density at radius 3 is 2.47 bits per heavy atom. The number of hydrogen-bond donors (Lipinski definition) is 1. The summed E-state index contributed by atoms with van der Waals surface area (Å²) in [6.07, 6.45) is 1.33. The fourth-order valence-corrected chi connectivity index (χ4v) is 3.54. The highest BCUT2D eigenvalue weighted by Gasteiger charge is 2.33. The molecule has 1 aliphatic rings. The lowest BCUT2D eigenvalue weighted by molar-refractivity contribution is 0.161. The molecule has 0 spiro atoms. The van der Waals surface area contributed by atoms with Gasteiger partial charge in [0.25, 0.3) is 0 Å². The molecule has 0 bridgehead atoms. The first-order valence-electron chi connectivity index (χ1n) is 7.67. The molecule has 1 N–H and O–H groups in total. The molecule has 2 rings (SSSR count). The number of hydrogen-bond acceptors (Lipinski definition) is 2. The van der Waals surface area contributed by atoms with Crippen molar-refractivity contribution in [2.24, 2.45) is 5.92 Å². The quantitative estimate of drug-likeness (QED) is 0.872. The molecule has 0 radical (unpaired) electrons. The summed E-state index contributed by atoms with van der Waals surface area (Å²) in [5, 5.41) is 3.67. The van der Waals surface area contributed by atoms with Gasteiger partial charge in [-0.2, -0.15) is 0 Å². The molecule has 1 fully saturated rings. The van der Waals surface area contributed by atoms with E-state index >= 15 is 0 Å². The Morgan fingerprint density at radius 2 is 1.95 bits per heavy atom. The van der Waals surface area contributed by atoms with Gasteiger partial charge in [-0.25, -0.2) is 0 Å². The lowest BCUT2D eigenvalue weighted by atomic mass is 9.98. The maximum atomic E-state index is 3.67. The van der Waals surface area contributed by atoms with Gasteiger partial charge in [0.2, 0.25) is 0 Å². The van der Waals surface area contributed by atoms with Crippen molar-refractivity contribution in [3.63, 3.8) is 0 Å². The molecule has 0 aromatic heterocycles. The molecule has 0 amide bonds. The van der Waals surface area contributed by atoms with E-state index in [-0.39, 0.29) is 0 Å². The number of nitrogens with zero attached hydrogens (tertiary/aromatic N) is 1. The fourth-order valence-electron chi connectivity index (χ4n) is 3.54. The van der Waals surface area contributed by atoms with Gasteiger partial charge >= 0.3 is 0 Å². The van der Waals surface area contributed by atoms with Gasteiger partial charge in [-0.3, -0.25) is 4.90 Å². The van der Waals surface area contributed by atoms with E-state index in [1.54, 1.807) is 0 Å². The number of likely N-dealkylation sites (N-methyl/N-ethyl adjacent to an activating group) is 1. The summed E-state index contributed by atoms with van der Waals surface area (Å²) >= 11 is 0. The van der Waals surface area contributed by atoms with Crippen molar-refractivity contribution in [1.29, 1.82) is 0 Å². The predicted octanol–water partition coefficient (Wildman–Crippen LogP) is 3.46. The monoisotopic (exact) mass is 260 g/mol. The summed E-state index contributed by atoms with van der Waals surface area (Å²) in [4.78, 5) is 2.67. The van der Waals surface area contributed by atoms with Gasteiger partial charge < -0.3 is 5.32 Å². The zero-order valence-electron chi connectivity index (χ0n) is 12.8. The third-order valence-electron chi connectivity index (χ3n) is 4.42. The Labute approximate surface area is 118 Å². The average molecular weight is 260 g/mol. The van der Waals surface area contributed by atoms with E-state index in [0.29, 0.717) is 18.1 Å². The average Bonchev–Trinajstić information content (AvgIpc) is 2.75. The third-order valence-corrected chi connectivity index (χ3v) is 4.42. The summed E-state index contributed by atoms with van der Waals surface area (Å²) in [7, 11) is 0. The molecule has 0 aliphatic carbocycles. The first-order chi connectivity index (χ1) is 9.13. The normalized spacial score (nSPS) is 27.4. The van der Waals surface area contributed by atoms with Crippen LogP contribution in [0.5, 0.6) is 0 Å². The van der Waals surface area contributed by atoms with Crippen molar-refractivity contribution in [2.45, 2.75) is 52.2 Å². The smallest absolute Gasteiger partial charge is 0.0475 e. The molecule has 106 valence electrons. The molecule has 1 aromatic rings. The Bertz CT molecular complexity index is 376. The van der Waals surface area contributed by atoms with E-state index in [9.17, 15) is 0 Å². The van der Waals surface area contributed by atoms with E-state index in [0.717, 1.165) is 12.5 Å². The van der Waals surface area contributed by atoms with Gasteiger partial charge in [0.15, 0.2) is 0 Å². The summed E-state index contributed by atoms with van der Waals surface area (Å²) < 4.78 is 0. The van der Waals surface area contributed by atoms with E-state index in [2.05, 4.69) is 68.2 Å². The van der Waals surface area contributed by atoms with Gasteiger partial charge in [0, 0.05) is 24.7 Å². The SMILES string of the molecule is CCNC(c1ccccc1)C(C)N1CC(C)CC1C. The molecule has 1 saturated heterocycles. The van der Waals surface area contributed by atoms with Crippen LogP contribution >= 0.6 is 0 Å². The standard InChI is InChI=1S/C17H28N2/c1-5-18-17(16-9-7-6-8-10-16)15(4)19-12-13(2)11-14(19)3/h6-10,13-15,17-18H,5,11-12H2,1-4H3. The van der Waals surface area contributed by atoms with Crippen LogP contribution in [0.25, 0.3) is 0 Å². The van der Waals surface area contributed by atoms with Crippen LogP contribution < -0.4 is 5.32 Å². The number of nitrogens with one attached hydrogen (secondary N) is 1. The van der Waals surface area contributed by atoms with Crippen LogP contribution in [-0.4, -0.2) is 30.1 Å². The molecule has 1 aromatic carbocycles. The first kappa shape index (κ1) is 14.5. The van der Waals surface area contributed by atoms with E-state index in [1.807, 2.05) is 0 Å². The Morgan fingerprint density at radius 1 is 1.26 bits per heavy atom. The van der Waals surface area contributed by atoms with Crippen molar-refractivity contribution in [2.75, 3.05) is 13.1 Å². The predicted molar refractivity (Wildman–Crippen MR) is 82.3 cm³/mol. The maximum Gasteiger partial charge on any atom is 0.0475 e. The summed E-state index contributed by atoms with van der Waals surface area (Å²) in [6, 6.07) is 12.5. The highest BCUT2D eigenvalue weighted by molar-refractivity contribution is 5.20. The van der Waals surface area contributed by atoms with Crippen LogP contribution in [0, 0.1) is 5.92 Å². The topological polar surface area (TPSA) is 15.3 Å². The largest absolute Gasteiger partial charge is 0.309 e. The lowest BCUT2D eigenvalue weighted by Crippen LogP contribution is -2.44. The molecule has 2 nitrogen and oxygen atoms in total. The second-order valence-electron chi connectivity index (χ2n) is 6.07. The molecule has 0 saturated carbocycles. The van der Waals surface area contributed by atoms with Crippen molar-refractivity contribution in [1.82, 2.24) is 10.2 Å². The molecule has 19 heavy (non-hydrogen) atoms. The Balaban J connectivity index is 2.15. The molecule has 2 heteroatoms. The molecular weight excluding hydrogens is 232 g/mol. The number of benzene rings is 1. The summed E-state index contributed by atoms with van der Waals surface area (Å²) in [5.41, 5.74) is 1.41. The lowest BCUT2D eigenvalue weighted by Gasteiger charge is -2.35. The van der Waals surface area contributed by atoms with Gasteiger partial charge in [0.1, 0.15) is 0 Å². The van der Waals surface area contributed by atoms with Crippen LogP contribution in [0.15, 0.2) is 30.3 Å². The van der Waals surface area contributed by atoms with Crippen LogP contribution in [-0.2, 0) is 0 Å². The zero-order chi connectivity index (χ0) is 13.8. The molecule has 4 unspecified atom stereocenters. The maximum absolute atomic E-state index is 3.67. The van der Waals surface area contributed by atoms with Crippen molar-refractivity contribution in [3.05, 3.63) is 35.9 Å². The van der Waals surface area contributed by atoms with Crippen LogP contribution in [0.3, 0.4) is 0 Å². The minimum Gasteiger partial charge on any atom is -0.309 e. The minimum absolute atomic E-state index is 0.430. The van der Waals surface area contributed by atoms with E-state index in [1.165, 1.54) is 18.5 Å². The highest BCUT2D eigenvalue weighted by atomic mass is 15.2. The van der Waals surface area contributed by atoms with E-state index in [4.69, 9.17) is 0 Å². The molecular formula is C17H28N2. The molecule has 1 heterocycles. The van der Waals surface area contributed by atoms with Gasteiger partial charge in [-0.15, -0.1) is 0 Å².